The lowest BCUT2D eigenvalue weighted by atomic mass is 10.1. The highest BCUT2D eigenvalue weighted by Crippen LogP contribution is 2.25. The molecule has 2 aromatic carbocycles. The van der Waals surface area contributed by atoms with Gasteiger partial charge in [-0.1, -0.05) is 40.9 Å². The predicted molar refractivity (Wildman–Crippen MR) is 91.2 cm³/mol. The summed E-state index contributed by atoms with van der Waals surface area (Å²) in [6, 6.07) is 7.50. The number of ether oxygens (including phenoxy) is 1. The summed E-state index contributed by atoms with van der Waals surface area (Å²) in [7, 11) is 0. The van der Waals surface area contributed by atoms with Crippen LogP contribution in [0.4, 0.5) is 10.1 Å². The topological polar surface area (TPSA) is 55.4 Å². The van der Waals surface area contributed by atoms with E-state index in [1.54, 1.807) is 6.07 Å². The molecule has 0 aliphatic heterocycles. The molecule has 0 fully saturated rings. The molecular formula is C17H14Cl2FNO3. The van der Waals surface area contributed by atoms with Gasteiger partial charge in [-0.15, -0.1) is 0 Å². The lowest BCUT2D eigenvalue weighted by molar-refractivity contribution is -0.119. The number of carbonyl (C=O) groups is 2. The summed E-state index contributed by atoms with van der Waals surface area (Å²) in [5.74, 6) is -2.22. The summed E-state index contributed by atoms with van der Waals surface area (Å²) in [6.07, 6.45) is 0. The van der Waals surface area contributed by atoms with E-state index in [9.17, 15) is 14.0 Å². The van der Waals surface area contributed by atoms with Gasteiger partial charge in [0.25, 0.3) is 5.91 Å². The van der Waals surface area contributed by atoms with E-state index in [1.807, 2.05) is 26.0 Å². The summed E-state index contributed by atoms with van der Waals surface area (Å²) in [5, 5.41) is 2.38. The van der Waals surface area contributed by atoms with Gasteiger partial charge in [0.05, 0.1) is 15.6 Å². The minimum atomic E-state index is -0.911. The standard InChI is InChI=1S/C17H14Cl2FNO3/c1-9-3-4-15(10(2)5-9)21-16(22)8-24-17(23)11-6-14(20)13(19)7-12(11)18/h3-7H,8H2,1-2H3,(H,21,22). The van der Waals surface area contributed by atoms with Crippen molar-refractivity contribution in [2.24, 2.45) is 0 Å². The minimum Gasteiger partial charge on any atom is -0.452 e. The highest BCUT2D eigenvalue weighted by Gasteiger charge is 2.17. The average Bonchev–Trinajstić information content (AvgIpc) is 2.51. The third kappa shape index (κ3) is 4.46. The van der Waals surface area contributed by atoms with Gasteiger partial charge in [0, 0.05) is 5.69 Å². The van der Waals surface area contributed by atoms with Crippen molar-refractivity contribution in [2.75, 3.05) is 11.9 Å². The smallest absolute Gasteiger partial charge is 0.340 e. The van der Waals surface area contributed by atoms with Crippen molar-refractivity contribution in [3.63, 3.8) is 0 Å². The first-order valence-electron chi connectivity index (χ1n) is 6.96. The Labute approximate surface area is 148 Å². The molecule has 1 amide bonds. The second-order valence-electron chi connectivity index (χ2n) is 5.19. The van der Waals surface area contributed by atoms with E-state index in [-0.39, 0.29) is 15.6 Å². The van der Waals surface area contributed by atoms with Crippen molar-refractivity contribution in [1.82, 2.24) is 0 Å². The van der Waals surface area contributed by atoms with Crippen LogP contribution in [0.3, 0.4) is 0 Å². The fourth-order valence-electron chi connectivity index (χ4n) is 2.03. The molecule has 1 N–H and O–H groups in total. The Morgan fingerprint density at radius 1 is 1.12 bits per heavy atom. The number of carbonyl (C=O) groups excluding carboxylic acids is 2. The maximum atomic E-state index is 13.4. The van der Waals surface area contributed by atoms with Gasteiger partial charge in [0.15, 0.2) is 6.61 Å². The van der Waals surface area contributed by atoms with E-state index < -0.39 is 24.3 Å². The average molecular weight is 370 g/mol. The van der Waals surface area contributed by atoms with Crippen LogP contribution in [0.15, 0.2) is 30.3 Å². The second-order valence-corrected chi connectivity index (χ2v) is 6.00. The van der Waals surface area contributed by atoms with Crippen LogP contribution in [0.2, 0.25) is 10.0 Å². The first kappa shape index (κ1) is 18.2. The molecule has 126 valence electrons. The van der Waals surface area contributed by atoms with Gasteiger partial charge in [0.2, 0.25) is 0 Å². The van der Waals surface area contributed by atoms with Gasteiger partial charge < -0.3 is 10.1 Å². The van der Waals surface area contributed by atoms with Crippen molar-refractivity contribution in [3.8, 4) is 0 Å². The van der Waals surface area contributed by atoms with E-state index in [2.05, 4.69) is 5.32 Å². The number of amides is 1. The Morgan fingerprint density at radius 2 is 1.83 bits per heavy atom. The predicted octanol–water partition coefficient (Wildman–Crippen LogP) is 4.54. The third-order valence-electron chi connectivity index (χ3n) is 3.22. The van der Waals surface area contributed by atoms with Crippen molar-refractivity contribution in [3.05, 3.63) is 62.9 Å². The first-order valence-corrected chi connectivity index (χ1v) is 7.72. The molecule has 2 rings (SSSR count). The zero-order chi connectivity index (χ0) is 17.9. The van der Waals surface area contributed by atoms with Gasteiger partial charge in [-0.3, -0.25) is 4.79 Å². The van der Waals surface area contributed by atoms with Gasteiger partial charge in [0.1, 0.15) is 5.82 Å². The first-order chi connectivity index (χ1) is 11.3. The summed E-state index contributed by atoms with van der Waals surface area (Å²) in [5.41, 5.74) is 2.38. The van der Waals surface area contributed by atoms with Crippen molar-refractivity contribution in [2.45, 2.75) is 13.8 Å². The lowest BCUT2D eigenvalue weighted by Gasteiger charge is -2.10. The highest BCUT2D eigenvalue weighted by molar-refractivity contribution is 6.36. The highest BCUT2D eigenvalue weighted by atomic mass is 35.5. The van der Waals surface area contributed by atoms with E-state index in [0.29, 0.717) is 5.69 Å². The van der Waals surface area contributed by atoms with Crippen molar-refractivity contribution < 1.29 is 18.7 Å². The molecule has 0 aliphatic carbocycles. The number of halogens is 3. The van der Waals surface area contributed by atoms with Crippen LogP contribution in [0.5, 0.6) is 0 Å². The molecule has 0 bridgehead atoms. The van der Waals surface area contributed by atoms with E-state index in [0.717, 1.165) is 23.3 Å². The van der Waals surface area contributed by atoms with Crippen LogP contribution in [0, 0.1) is 19.7 Å². The molecule has 0 radical (unpaired) electrons. The zero-order valence-corrected chi connectivity index (χ0v) is 14.5. The van der Waals surface area contributed by atoms with Gasteiger partial charge in [-0.25, -0.2) is 9.18 Å². The summed E-state index contributed by atoms with van der Waals surface area (Å²) < 4.78 is 18.3. The zero-order valence-electron chi connectivity index (χ0n) is 13.0. The molecule has 24 heavy (non-hydrogen) atoms. The fourth-order valence-corrected chi connectivity index (χ4v) is 2.49. The monoisotopic (exact) mass is 369 g/mol. The normalized spacial score (nSPS) is 10.4. The Balaban J connectivity index is 1.99. The van der Waals surface area contributed by atoms with Gasteiger partial charge in [-0.05, 0) is 37.6 Å². The molecule has 0 saturated carbocycles. The summed E-state index contributed by atoms with van der Waals surface area (Å²) >= 11 is 11.4. The van der Waals surface area contributed by atoms with Crippen LogP contribution in [0.1, 0.15) is 21.5 Å². The summed E-state index contributed by atoms with van der Waals surface area (Å²) in [6.45, 7) is 3.27. The van der Waals surface area contributed by atoms with E-state index >= 15 is 0 Å². The number of aryl methyl sites for hydroxylation is 2. The molecule has 2 aromatic rings. The Hall–Kier alpha value is -2.11. The number of hydrogen-bond acceptors (Lipinski definition) is 3. The van der Waals surface area contributed by atoms with Crippen LogP contribution in [-0.2, 0) is 9.53 Å². The molecule has 0 heterocycles. The number of anilines is 1. The van der Waals surface area contributed by atoms with E-state index in [4.69, 9.17) is 27.9 Å². The number of hydrogen-bond donors (Lipinski definition) is 1. The molecule has 0 aromatic heterocycles. The minimum absolute atomic E-state index is 0.0545. The van der Waals surface area contributed by atoms with Crippen LogP contribution in [0.25, 0.3) is 0 Å². The number of benzene rings is 2. The van der Waals surface area contributed by atoms with Crippen LogP contribution < -0.4 is 5.32 Å². The summed E-state index contributed by atoms with van der Waals surface area (Å²) in [4.78, 5) is 23.8. The second kappa shape index (κ2) is 7.64. The fraction of sp³-hybridized carbons (Fsp3) is 0.176. The van der Waals surface area contributed by atoms with Crippen LogP contribution >= 0.6 is 23.2 Å². The maximum Gasteiger partial charge on any atom is 0.340 e. The van der Waals surface area contributed by atoms with Gasteiger partial charge in [-0.2, -0.15) is 0 Å². The lowest BCUT2D eigenvalue weighted by Crippen LogP contribution is -2.21. The molecule has 4 nitrogen and oxygen atoms in total. The number of rotatable bonds is 4. The van der Waals surface area contributed by atoms with E-state index in [1.165, 1.54) is 0 Å². The molecule has 0 saturated heterocycles. The van der Waals surface area contributed by atoms with Crippen molar-refractivity contribution in [1.29, 1.82) is 0 Å². The maximum absolute atomic E-state index is 13.4. The van der Waals surface area contributed by atoms with Gasteiger partial charge >= 0.3 is 5.97 Å². The molecule has 0 atom stereocenters. The number of nitrogens with one attached hydrogen (secondary N) is 1. The molecule has 0 unspecified atom stereocenters. The van der Waals surface area contributed by atoms with Crippen molar-refractivity contribution >= 4 is 40.8 Å². The molecule has 0 aliphatic rings. The molecule has 0 spiro atoms. The number of esters is 1. The molecule has 7 heteroatoms. The third-order valence-corrected chi connectivity index (χ3v) is 3.82. The Kier molecular flexibility index (Phi) is 5.80. The Bertz CT molecular complexity index is 809. The van der Waals surface area contributed by atoms with Crippen LogP contribution in [-0.4, -0.2) is 18.5 Å². The quantitative estimate of drug-likeness (QED) is 0.635. The Morgan fingerprint density at radius 3 is 2.50 bits per heavy atom. The largest absolute Gasteiger partial charge is 0.452 e. The SMILES string of the molecule is Cc1ccc(NC(=O)COC(=O)c2cc(F)c(Cl)cc2Cl)c(C)c1. The molecular weight excluding hydrogens is 356 g/mol.